The molecule has 1 heterocycles. The number of amides is 2. The van der Waals surface area contributed by atoms with Gasteiger partial charge in [-0.3, -0.25) is 9.59 Å². The fourth-order valence-electron chi connectivity index (χ4n) is 2.39. The highest BCUT2D eigenvalue weighted by atomic mass is 35.5. The molecule has 1 aromatic carbocycles. The van der Waals surface area contributed by atoms with Crippen molar-refractivity contribution in [3.8, 4) is 0 Å². The molecule has 1 saturated carbocycles. The SMILES string of the molecule is NC(=O)c1cc(C(=O)NC2(c3c(Cl)cccc3Cl)CC2)co1. The van der Waals surface area contributed by atoms with Gasteiger partial charge in [0.25, 0.3) is 11.8 Å². The highest BCUT2D eigenvalue weighted by Crippen LogP contribution is 2.50. The van der Waals surface area contributed by atoms with E-state index in [1.165, 1.54) is 12.3 Å². The third-order valence-electron chi connectivity index (χ3n) is 3.65. The largest absolute Gasteiger partial charge is 0.458 e. The molecule has 0 unspecified atom stereocenters. The Kier molecular flexibility index (Phi) is 3.62. The monoisotopic (exact) mass is 338 g/mol. The van der Waals surface area contributed by atoms with E-state index in [0.29, 0.717) is 15.6 Å². The van der Waals surface area contributed by atoms with Gasteiger partial charge < -0.3 is 15.5 Å². The quantitative estimate of drug-likeness (QED) is 0.897. The number of carbonyl (C=O) groups excluding carboxylic acids is 2. The molecule has 3 rings (SSSR count). The Bertz CT molecular complexity index is 746. The molecule has 3 N–H and O–H groups in total. The van der Waals surface area contributed by atoms with Gasteiger partial charge in [-0.2, -0.15) is 0 Å². The lowest BCUT2D eigenvalue weighted by Gasteiger charge is -2.20. The molecule has 22 heavy (non-hydrogen) atoms. The number of nitrogens with two attached hydrogens (primary N) is 1. The van der Waals surface area contributed by atoms with Crippen LogP contribution in [0.1, 0.15) is 39.3 Å². The van der Waals surface area contributed by atoms with Crippen LogP contribution in [0, 0.1) is 0 Å². The number of carbonyl (C=O) groups is 2. The van der Waals surface area contributed by atoms with Gasteiger partial charge in [0, 0.05) is 21.7 Å². The van der Waals surface area contributed by atoms with Crippen LogP contribution in [-0.4, -0.2) is 11.8 Å². The maximum absolute atomic E-state index is 12.3. The zero-order valence-electron chi connectivity index (χ0n) is 11.4. The van der Waals surface area contributed by atoms with Crippen LogP contribution >= 0.6 is 23.2 Å². The molecule has 1 aliphatic rings. The number of halogens is 2. The first-order valence-corrected chi connectivity index (χ1v) is 7.34. The summed E-state index contributed by atoms with van der Waals surface area (Å²) in [6.07, 6.45) is 2.67. The van der Waals surface area contributed by atoms with Gasteiger partial charge >= 0.3 is 0 Å². The Balaban J connectivity index is 1.85. The molecule has 2 amide bonds. The van der Waals surface area contributed by atoms with Gasteiger partial charge in [0.1, 0.15) is 6.26 Å². The minimum Gasteiger partial charge on any atom is -0.458 e. The molecular weight excluding hydrogens is 327 g/mol. The van der Waals surface area contributed by atoms with Crippen molar-refractivity contribution < 1.29 is 14.0 Å². The molecule has 1 aliphatic carbocycles. The summed E-state index contributed by atoms with van der Waals surface area (Å²) in [6.45, 7) is 0. The fraction of sp³-hybridized carbons (Fsp3) is 0.200. The maximum atomic E-state index is 12.3. The summed E-state index contributed by atoms with van der Waals surface area (Å²) in [6, 6.07) is 6.53. The summed E-state index contributed by atoms with van der Waals surface area (Å²) in [4.78, 5) is 23.3. The van der Waals surface area contributed by atoms with E-state index in [1.807, 2.05) is 0 Å². The normalized spacial score (nSPS) is 15.4. The number of furan rings is 1. The lowest BCUT2D eigenvalue weighted by molar-refractivity contribution is 0.0928. The lowest BCUT2D eigenvalue weighted by atomic mass is 10.0. The molecule has 0 atom stereocenters. The van der Waals surface area contributed by atoms with Crippen molar-refractivity contribution in [2.45, 2.75) is 18.4 Å². The van der Waals surface area contributed by atoms with Crippen molar-refractivity contribution in [3.63, 3.8) is 0 Å². The van der Waals surface area contributed by atoms with Gasteiger partial charge in [-0.1, -0.05) is 29.3 Å². The van der Waals surface area contributed by atoms with Crippen molar-refractivity contribution in [3.05, 3.63) is 57.5 Å². The number of benzene rings is 1. The fourth-order valence-corrected chi connectivity index (χ4v) is 3.15. The molecular formula is C15H12Cl2N2O3. The molecule has 0 aliphatic heterocycles. The lowest BCUT2D eigenvalue weighted by Crippen LogP contribution is -2.35. The van der Waals surface area contributed by atoms with E-state index < -0.39 is 11.4 Å². The second-order valence-electron chi connectivity index (χ2n) is 5.20. The number of nitrogens with one attached hydrogen (secondary N) is 1. The predicted octanol–water partition coefficient (Wildman–Crippen LogP) is 3.10. The maximum Gasteiger partial charge on any atom is 0.284 e. The second kappa shape index (κ2) is 5.34. The highest BCUT2D eigenvalue weighted by Gasteiger charge is 2.48. The number of hydrogen-bond acceptors (Lipinski definition) is 3. The van der Waals surface area contributed by atoms with Crippen LogP contribution in [-0.2, 0) is 5.54 Å². The Labute approximate surface area is 136 Å². The molecule has 2 aromatic rings. The minimum absolute atomic E-state index is 0.0641. The van der Waals surface area contributed by atoms with Gasteiger partial charge in [-0.25, -0.2) is 0 Å². The topological polar surface area (TPSA) is 85.3 Å². The summed E-state index contributed by atoms with van der Waals surface area (Å²) in [5.41, 5.74) is 5.46. The molecule has 0 radical (unpaired) electrons. The van der Waals surface area contributed by atoms with Crippen molar-refractivity contribution >= 4 is 35.0 Å². The molecule has 0 bridgehead atoms. The van der Waals surface area contributed by atoms with Crippen LogP contribution in [0.3, 0.4) is 0 Å². The van der Waals surface area contributed by atoms with E-state index in [4.69, 9.17) is 33.4 Å². The Hall–Kier alpha value is -1.98. The third-order valence-corrected chi connectivity index (χ3v) is 4.28. The smallest absolute Gasteiger partial charge is 0.284 e. The standard InChI is InChI=1S/C15H12Cl2N2O3/c16-9-2-1-3-10(17)12(9)15(4-5-15)19-14(21)8-6-11(13(18)20)22-7-8/h1-3,6-7H,4-5H2,(H2,18,20)(H,19,21). The Morgan fingerprint density at radius 2 is 1.86 bits per heavy atom. The molecule has 1 fully saturated rings. The van der Waals surface area contributed by atoms with Crippen LogP contribution in [0.4, 0.5) is 0 Å². The summed E-state index contributed by atoms with van der Waals surface area (Å²) in [5, 5.41) is 3.93. The first-order valence-electron chi connectivity index (χ1n) is 6.58. The molecule has 7 heteroatoms. The minimum atomic E-state index is -0.727. The van der Waals surface area contributed by atoms with Crippen molar-refractivity contribution in [1.82, 2.24) is 5.32 Å². The Morgan fingerprint density at radius 1 is 1.23 bits per heavy atom. The first kappa shape index (κ1) is 14.9. The summed E-state index contributed by atoms with van der Waals surface area (Å²) >= 11 is 12.4. The van der Waals surface area contributed by atoms with E-state index in [9.17, 15) is 9.59 Å². The van der Waals surface area contributed by atoms with Gasteiger partial charge in [0.2, 0.25) is 0 Å². The molecule has 5 nitrogen and oxygen atoms in total. The van der Waals surface area contributed by atoms with Crippen LogP contribution < -0.4 is 11.1 Å². The average Bonchev–Trinajstić information content (AvgIpc) is 3.03. The first-order chi connectivity index (χ1) is 10.4. The van der Waals surface area contributed by atoms with E-state index in [1.54, 1.807) is 18.2 Å². The predicted molar refractivity (Wildman–Crippen MR) is 82.1 cm³/mol. The summed E-state index contributed by atoms with van der Waals surface area (Å²) < 4.78 is 4.95. The van der Waals surface area contributed by atoms with Crippen molar-refractivity contribution in [1.29, 1.82) is 0 Å². The molecule has 0 spiro atoms. The molecule has 114 valence electrons. The molecule has 1 aromatic heterocycles. The third kappa shape index (κ3) is 2.58. The van der Waals surface area contributed by atoms with Crippen molar-refractivity contribution in [2.24, 2.45) is 5.73 Å². The number of rotatable bonds is 4. The van der Waals surface area contributed by atoms with Crippen LogP contribution in [0.5, 0.6) is 0 Å². The van der Waals surface area contributed by atoms with E-state index >= 15 is 0 Å². The molecule has 0 saturated heterocycles. The van der Waals surface area contributed by atoms with Crippen LogP contribution in [0.25, 0.3) is 0 Å². The average molecular weight is 339 g/mol. The van der Waals surface area contributed by atoms with Crippen molar-refractivity contribution in [2.75, 3.05) is 0 Å². The zero-order valence-corrected chi connectivity index (χ0v) is 12.9. The van der Waals surface area contributed by atoms with Crippen LogP contribution in [0.15, 0.2) is 34.9 Å². The summed E-state index contributed by atoms with van der Waals surface area (Å²) in [5.74, 6) is -1.16. The summed E-state index contributed by atoms with van der Waals surface area (Å²) in [7, 11) is 0. The van der Waals surface area contributed by atoms with Gasteiger partial charge in [-0.05, 0) is 25.0 Å². The van der Waals surface area contributed by atoms with Gasteiger partial charge in [0.15, 0.2) is 5.76 Å². The van der Waals surface area contributed by atoms with Crippen LogP contribution in [0.2, 0.25) is 10.0 Å². The van der Waals surface area contributed by atoms with Gasteiger partial charge in [0.05, 0.1) is 11.1 Å². The Morgan fingerprint density at radius 3 is 2.36 bits per heavy atom. The van der Waals surface area contributed by atoms with E-state index in [0.717, 1.165) is 12.8 Å². The zero-order chi connectivity index (χ0) is 15.9. The second-order valence-corrected chi connectivity index (χ2v) is 6.01. The van der Waals surface area contributed by atoms with E-state index in [2.05, 4.69) is 5.32 Å². The highest BCUT2D eigenvalue weighted by molar-refractivity contribution is 6.36. The van der Waals surface area contributed by atoms with Gasteiger partial charge in [-0.15, -0.1) is 0 Å². The van der Waals surface area contributed by atoms with E-state index in [-0.39, 0.29) is 17.2 Å². The number of primary amides is 1. The number of hydrogen-bond donors (Lipinski definition) is 2.